The summed E-state index contributed by atoms with van der Waals surface area (Å²) in [6.07, 6.45) is 10.6. The summed E-state index contributed by atoms with van der Waals surface area (Å²) in [5.41, 5.74) is 0. The summed E-state index contributed by atoms with van der Waals surface area (Å²) < 4.78 is 0. The molecule has 2 fully saturated rings. The Morgan fingerprint density at radius 2 is 1.50 bits per heavy atom. The van der Waals surface area contributed by atoms with Crippen molar-refractivity contribution in [1.29, 1.82) is 0 Å². The fourth-order valence-electron chi connectivity index (χ4n) is 2.90. The fraction of sp³-hybridized carbons (Fsp3) is 0.778. The lowest BCUT2D eigenvalue weighted by atomic mass is 10.1. The lowest BCUT2D eigenvalue weighted by Gasteiger charge is -2.20. The Balaban J connectivity index is 2.01. The molecule has 2 atom stereocenters. The molecule has 3 aliphatic heterocycles. The number of nitrogens with zero attached hydrogens (tertiary/aromatic N) is 1. The molecule has 2 unspecified atom stereocenters. The summed E-state index contributed by atoms with van der Waals surface area (Å²) in [6.45, 7) is 0. The van der Waals surface area contributed by atoms with Gasteiger partial charge in [0.25, 0.3) is 0 Å². The SMILES string of the molecule is C1=CC2CCC3CCC1N23. The minimum Gasteiger partial charge on any atom is -0.288 e. The van der Waals surface area contributed by atoms with E-state index in [-0.39, 0.29) is 0 Å². The van der Waals surface area contributed by atoms with Crippen molar-refractivity contribution in [1.82, 2.24) is 4.90 Å². The van der Waals surface area contributed by atoms with Crippen LogP contribution >= 0.6 is 0 Å². The van der Waals surface area contributed by atoms with Crippen molar-refractivity contribution in [3.63, 3.8) is 0 Å². The zero-order valence-electron chi connectivity index (χ0n) is 6.16. The van der Waals surface area contributed by atoms with Crippen molar-refractivity contribution in [3.05, 3.63) is 12.2 Å². The second-order valence-corrected chi connectivity index (χ2v) is 3.78. The highest BCUT2D eigenvalue weighted by Crippen LogP contribution is 2.40. The Bertz CT molecular complexity index is 167. The van der Waals surface area contributed by atoms with E-state index in [9.17, 15) is 0 Å². The van der Waals surface area contributed by atoms with Gasteiger partial charge in [0.05, 0.1) is 0 Å². The van der Waals surface area contributed by atoms with Crippen LogP contribution in [0.3, 0.4) is 0 Å². The van der Waals surface area contributed by atoms with Crippen molar-refractivity contribution < 1.29 is 0 Å². The van der Waals surface area contributed by atoms with Gasteiger partial charge in [0.2, 0.25) is 0 Å². The largest absolute Gasteiger partial charge is 0.288 e. The first-order valence-corrected chi connectivity index (χ1v) is 4.41. The second kappa shape index (κ2) is 1.65. The van der Waals surface area contributed by atoms with E-state index in [2.05, 4.69) is 17.1 Å². The van der Waals surface area contributed by atoms with Crippen LogP contribution in [0.1, 0.15) is 25.7 Å². The van der Waals surface area contributed by atoms with Gasteiger partial charge in [-0.25, -0.2) is 0 Å². The highest BCUT2D eigenvalue weighted by atomic mass is 15.3. The maximum absolute atomic E-state index is 2.72. The predicted molar refractivity (Wildman–Crippen MR) is 40.8 cm³/mol. The van der Waals surface area contributed by atoms with Gasteiger partial charge in [-0.05, 0) is 25.7 Å². The molecule has 0 spiro atoms. The third kappa shape index (κ3) is 0.485. The maximum atomic E-state index is 2.72. The van der Waals surface area contributed by atoms with Crippen LogP contribution in [0.5, 0.6) is 0 Å². The molecule has 0 saturated carbocycles. The van der Waals surface area contributed by atoms with Crippen LogP contribution in [0.15, 0.2) is 12.2 Å². The van der Waals surface area contributed by atoms with E-state index in [4.69, 9.17) is 0 Å². The molecule has 0 N–H and O–H groups in total. The van der Waals surface area contributed by atoms with Crippen LogP contribution in [0, 0.1) is 0 Å². The summed E-state index contributed by atoms with van der Waals surface area (Å²) in [4.78, 5) is 2.72. The highest BCUT2D eigenvalue weighted by Gasteiger charge is 2.43. The molecule has 0 aromatic heterocycles. The average Bonchev–Trinajstić information content (AvgIpc) is 2.56. The minimum atomic E-state index is 0.845. The van der Waals surface area contributed by atoms with E-state index >= 15 is 0 Å². The van der Waals surface area contributed by atoms with E-state index in [0.717, 1.165) is 18.1 Å². The molecular weight excluding hydrogens is 122 g/mol. The van der Waals surface area contributed by atoms with Gasteiger partial charge in [0.15, 0.2) is 0 Å². The maximum Gasteiger partial charge on any atom is 0.0288 e. The highest BCUT2D eigenvalue weighted by molar-refractivity contribution is 5.17. The first-order chi connectivity index (χ1) is 4.95. The van der Waals surface area contributed by atoms with Crippen LogP contribution in [0.25, 0.3) is 0 Å². The van der Waals surface area contributed by atoms with Crippen molar-refractivity contribution in [2.75, 3.05) is 0 Å². The van der Waals surface area contributed by atoms with Gasteiger partial charge in [-0.3, -0.25) is 4.90 Å². The van der Waals surface area contributed by atoms with Gasteiger partial charge >= 0.3 is 0 Å². The van der Waals surface area contributed by atoms with Gasteiger partial charge < -0.3 is 0 Å². The lowest BCUT2D eigenvalue weighted by Crippen LogP contribution is -2.31. The van der Waals surface area contributed by atoms with Crippen molar-refractivity contribution in [2.45, 2.75) is 43.8 Å². The molecule has 0 aromatic rings. The summed E-state index contributed by atoms with van der Waals surface area (Å²) >= 11 is 0. The Morgan fingerprint density at radius 1 is 0.900 bits per heavy atom. The van der Waals surface area contributed by atoms with Gasteiger partial charge in [0.1, 0.15) is 0 Å². The first kappa shape index (κ1) is 5.36. The summed E-state index contributed by atoms with van der Waals surface area (Å²) in [5, 5.41) is 0. The van der Waals surface area contributed by atoms with Gasteiger partial charge in [0, 0.05) is 18.1 Å². The fourth-order valence-corrected chi connectivity index (χ4v) is 2.90. The van der Waals surface area contributed by atoms with E-state index in [1.54, 1.807) is 0 Å². The predicted octanol–water partition coefficient (Wildman–Crippen LogP) is 1.55. The molecule has 0 amide bonds. The van der Waals surface area contributed by atoms with E-state index in [0.29, 0.717) is 0 Å². The first-order valence-electron chi connectivity index (χ1n) is 4.41. The summed E-state index contributed by atoms with van der Waals surface area (Å²) in [5.74, 6) is 0. The van der Waals surface area contributed by atoms with Crippen LogP contribution in [0.2, 0.25) is 0 Å². The molecular formula is C9H13N. The topological polar surface area (TPSA) is 3.24 Å². The molecule has 0 radical (unpaired) electrons. The van der Waals surface area contributed by atoms with Crippen LogP contribution < -0.4 is 0 Å². The van der Waals surface area contributed by atoms with E-state index < -0.39 is 0 Å². The Hall–Kier alpha value is -0.300. The Kier molecular flexibility index (Phi) is 0.883. The monoisotopic (exact) mass is 135 g/mol. The molecule has 10 heavy (non-hydrogen) atoms. The van der Waals surface area contributed by atoms with Crippen LogP contribution in [-0.4, -0.2) is 23.0 Å². The van der Waals surface area contributed by atoms with Gasteiger partial charge in [-0.2, -0.15) is 0 Å². The summed E-state index contributed by atoms with van der Waals surface area (Å²) in [6, 6.07) is 2.65. The molecule has 3 rings (SSSR count). The molecule has 0 bridgehead atoms. The van der Waals surface area contributed by atoms with E-state index in [1.807, 2.05) is 0 Å². The normalized spacial score (nSPS) is 50.6. The third-order valence-corrected chi connectivity index (χ3v) is 3.33. The second-order valence-electron chi connectivity index (χ2n) is 3.78. The quantitative estimate of drug-likeness (QED) is 0.455. The molecule has 3 aliphatic rings. The zero-order chi connectivity index (χ0) is 6.55. The summed E-state index contributed by atoms with van der Waals surface area (Å²) in [7, 11) is 0. The molecule has 0 aliphatic carbocycles. The molecule has 2 saturated heterocycles. The zero-order valence-corrected chi connectivity index (χ0v) is 6.16. The molecule has 3 heterocycles. The number of hydrogen-bond acceptors (Lipinski definition) is 1. The van der Waals surface area contributed by atoms with Crippen LogP contribution in [-0.2, 0) is 0 Å². The van der Waals surface area contributed by atoms with Gasteiger partial charge in [-0.1, -0.05) is 12.2 Å². The Labute approximate surface area is 61.7 Å². The third-order valence-electron chi connectivity index (χ3n) is 3.33. The number of rotatable bonds is 0. The molecule has 54 valence electrons. The standard InChI is InChI=1S/C9H13N/c1-2-8-5-6-9-4-3-7(1)10(8)9/h1-2,7-9H,3-6H2. The Morgan fingerprint density at radius 3 is 2.10 bits per heavy atom. The van der Waals surface area contributed by atoms with Crippen molar-refractivity contribution in [2.24, 2.45) is 0 Å². The van der Waals surface area contributed by atoms with Gasteiger partial charge in [-0.15, -0.1) is 0 Å². The van der Waals surface area contributed by atoms with Crippen molar-refractivity contribution >= 4 is 0 Å². The molecule has 1 nitrogen and oxygen atoms in total. The number of hydrogen-bond donors (Lipinski definition) is 0. The lowest BCUT2D eigenvalue weighted by molar-refractivity contribution is 0.257. The van der Waals surface area contributed by atoms with Crippen molar-refractivity contribution in [3.8, 4) is 0 Å². The average molecular weight is 135 g/mol. The smallest absolute Gasteiger partial charge is 0.0288 e. The van der Waals surface area contributed by atoms with Crippen LogP contribution in [0.4, 0.5) is 0 Å². The minimum absolute atomic E-state index is 0.845. The van der Waals surface area contributed by atoms with E-state index in [1.165, 1.54) is 25.7 Å². The molecule has 0 aromatic carbocycles. The molecule has 1 heteroatoms.